The van der Waals surface area contributed by atoms with E-state index in [1.165, 1.54) is 44.3 Å². The summed E-state index contributed by atoms with van der Waals surface area (Å²) in [6.07, 6.45) is 5.09. The van der Waals surface area contributed by atoms with Crippen molar-refractivity contribution >= 4 is 5.91 Å². The Morgan fingerprint density at radius 2 is 1.68 bits per heavy atom. The van der Waals surface area contributed by atoms with Crippen molar-refractivity contribution in [3.63, 3.8) is 0 Å². The molecule has 2 aliphatic heterocycles. The molecule has 2 heterocycles. The van der Waals surface area contributed by atoms with Crippen LogP contribution in [-0.4, -0.2) is 43.2 Å². The van der Waals surface area contributed by atoms with Crippen molar-refractivity contribution in [1.29, 1.82) is 0 Å². The predicted molar refractivity (Wildman–Crippen MR) is 109 cm³/mol. The highest BCUT2D eigenvalue weighted by atomic mass is 16.6. The molecule has 1 atom stereocenters. The van der Waals surface area contributed by atoms with E-state index in [2.05, 4.69) is 22.3 Å². The average molecular weight is 380 g/mol. The maximum atomic E-state index is 12.5. The minimum atomic E-state index is -0.179. The molecule has 2 aromatic rings. The standard InChI is InChI=1S/C23H28N2O3/c26-23(24-15-20-17-27-21-7-3-4-8-22(21)28-20)19-11-9-18(10-12-19)16-25-13-5-1-2-6-14-25/h3-4,7-12,20H,1-2,5-6,13-17H2,(H,24,26)/t20-/m0/s1. The number of amides is 1. The second-order valence-corrected chi connectivity index (χ2v) is 7.59. The van der Waals surface area contributed by atoms with Crippen molar-refractivity contribution in [2.75, 3.05) is 26.2 Å². The fourth-order valence-corrected chi connectivity index (χ4v) is 3.79. The molecule has 148 valence electrons. The van der Waals surface area contributed by atoms with E-state index in [9.17, 15) is 4.79 Å². The van der Waals surface area contributed by atoms with Crippen LogP contribution in [0, 0.1) is 0 Å². The molecule has 1 amide bonds. The molecule has 4 rings (SSSR count). The second kappa shape index (κ2) is 9.11. The van der Waals surface area contributed by atoms with Crippen LogP contribution in [0.5, 0.6) is 11.5 Å². The van der Waals surface area contributed by atoms with Crippen molar-refractivity contribution in [3.05, 3.63) is 59.7 Å². The molecular formula is C23H28N2O3. The molecule has 1 fully saturated rings. The van der Waals surface area contributed by atoms with Gasteiger partial charge in [0.2, 0.25) is 0 Å². The summed E-state index contributed by atoms with van der Waals surface area (Å²) in [5.74, 6) is 1.40. The molecule has 0 unspecified atom stereocenters. The van der Waals surface area contributed by atoms with Crippen LogP contribution in [0.3, 0.4) is 0 Å². The minimum absolute atomic E-state index is 0.0798. The molecule has 2 aromatic carbocycles. The zero-order valence-electron chi connectivity index (χ0n) is 16.2. The molecule has 28 heavy (non-hydrogen) atoms. The van der Waals surface area contributed by atoms with Crippen LogP contribution in [0.4, 0.5) is 0 Å². The van der Waals surface area contributed by atoms with Crippen LogP contribution in [-0.2, 0) is 6.54 Å². The number of hydrogen-bond acceptors (Lipinski definition) is 4. The molecule has 1 saturated heterocycles. The lowest BCUT2D eigenvalue weighted by Crippen LogP contribution is -2.40. The van der Waals surface area contributed by atoms with Gasteiger partial charge in [-0.05, 0) is 55.8 Å². The van der Waals surface area contributed by atoms with Gasteiger partial charge >= 0.3 is 0 Å². The summed E-state index contributed by atoms with van der Waals surface area (Å²) in [7, 11) is 0. The Kier molecular flexibility index (Phi) is 6.12. The first-order chi connectivity index (χ1) is 13.8. The highest BCUT2D eigenvalue weighted by Crippen LogP contribution is 2.30. The summed E-state index contributed by atoms with van der Waals surface area (Å²) in [5.41, 5.74) is 1.94. The van der Waals surface area contributed by atoms with E-state index in [1.807, 2.05) is 36.4 Å². The van der Waals surface area contributed by atoms with Crippen molar-refractivity contribution < 1.29 is 14.3 Å². The molecule has 0 saturated carbocycles. The van der Waals surface area contributed by atoms with E-state index in [-0.39, 0.29) is 12.0 Å². The fraction of sp³-hybridized carbons (Fsp3) is 0.435. The lowest BCUT2D eigenvalue weighted by molar-refractivity contribution is 0.0789. The van der Waals surface area contributed by atoms with Crippen LogP contribution in [0.1, 0.15) is 41.6 Å². The Morgan fingerprint density at radius 1 is 0.964 bits per heavy atom. The normalized spacial score (nSPS) is 19.6. The highest BCUT2D eigenvalue weighted by Gasteiger charge is 2.21. The van der Waals surface area contributed by atoms with Gasteiger partial charge in [0.15, 0.2) is 11.5 Å². The van der Waals surface area contributed by atoms with Gasteiger partial charge in [-0.25, -0.2) is 0 Å². The van der Waals surface area contributed by atoms with Crippen molar-refractivity contribution in [2.45, 2.75) is 38.3 Å². The number of carbonyl (C=O) groups excluding carboxylic acids is 1. The second-order valence-electron chi connectivity index (χ2n) is 7.59. The Labute approximate surface area is 166 Å². The third-order valence-electron chi connectivity index (χ3n) is 5.38. The largest absolute Gasteiger partial charge is 0.486 e. The number of para-hydroxylation sites is 2. The van der Waals surface area contributed by atoms with E-state index >= 15 is 0 Å². The zero-order valence-corrected chi connectivity index (χ0v) is 16.2. The predicted octanol–water partition coefficient (Wildman–Crippen LogP) is 3.63. The number of nitrogens with one attached hydrogen (secondary N) is 1. The fourth-order valence-electron chi connectivity index (χ4n) is 3.79. The molecular weight excluding hydrogens is 352 g/mol. The number of benzene rings is 2. The molecule has 5 heteroatoms. The van der Waals surface area contributed by atoms with E-state index in [1.54, 1.807) is 0 Å². The summed E-state index contributed by atoms with van der Waals surface area (Å²) < 4.78 is 11.6. The summed E-state index contributed by atoms with van der Waals surface area (Å²) in [4.78, 5) is 15.0. The van der Waals surface area contributed by atoms with Gasteiger partial charge in [-0.1, -0.05) is 37.1 Å². The van der Waals surface area contributed by atoms with Gasteiger partial charge in [0.1, 0.15) is 12.7 Å². The van der Waals surface area contributed by atoms with Gasteiger partial charge < -0.3 is 14.8 Å². The van der Waals surface area contributed by atoms with E-state index in [4.69, 9.17) is 9.47 Å². The minimum Gasteiger partial charge on any atom is -0.486 e. The van der Waals surface area contributed by atoms with Crippen LogP contribution in [0.2, 0.25) is 0 Å². The lowest BCUT2D eigenvalue weighted by Gasteiger charge is -2.26. The Bertz CT molecular complexity index is 783. The van der Waals surface area contributed by atoms with E-state index in [0.29, 0.717) is 18.7 Å². The van der Waals surface area contributed by atoms with Crippen LogP contribution in [0.25, 0.3) is 0 Å². The molecule has 5 nitrogen and oxygen atoms in total. The lowest BCUT2D eigenvalue weighted by atomic mass is 10.1. The Hall–Kier alpha value is -2.53. The zero-order chi connectivity index (χ0) is 19.2. The quantitative estimate of drug-likeness (QED) is 0.861. The average Bonchev–Trinajstić information content (AvgIpc) is 3.01. The van der Waals surface area contributed by atoms with Gasteiger partial charge in [0.05, 0.1) is 6.54 Å². The summed E-state index contributed by atoms with van der Waals surface area (Å²) >= 11 is 0. The van der Waals surface area contributed by atoms with Crippen molar-refractivity contribution in [1.82, 2.24) is 10.2 Å². The smallest absolute Gasteiger partial charge is 0.251 e. The van der Waals surface area contributed by atoms with E-state index < -0.39 is 0 Å². The summed E-state index contributed by atoms with van der Waals surface area (Å²) in [5, 5.41) is 2.95. The first kappa shape index (κ1) is 18.8. The van der Waals surface area contributed by atoms with E-state index in [0.717, 1.165) is 18.0 Å². The third-order valence-corrected chi connectivity index (χ3v) is 5.38. The van der Waals surface area contributed by atoms with Gasteiger partial charge in [0, 0.05) is 12.1 Å². The molecule has 0 aromatic heterocycles. The Morgan fingerprint density at radius 3 is 2.43 bits per heavy atom. The number of hydrogen-bond donors (Lipinski definition) is 1. The summed E-state index contributed by atoms with van der Waals surface area (Å²) in [6.45, 7) is 4.17. The monoisotopic (exact) mass is 380 g/mol. The van der Waals surface area contributed by atoms with Crippen molar-refractivity contribution in [3.8, 4) is 11.5 Å². The number of rotatable bonds is 5. The highest BCUT2D eigenvalue weighted by molar-refractivity contribution is 5.94. The van der Waals surface area contributed by atoms with Gasteiger partial charge in [-0.15, -0.1) is 0 Å². The maximum absolute atomic E-state index is 12.5. The number of likely N-dealkylation sites (tertiary alicyclic amines) is 1. The van der Waals surface area contributed by atoms with Gasteiger partial charge in [-0.3, -0.25) is 9.69 Å². The van der Waals surface area contributed by atoms with Crippen molar-refractivity contribution in [2.24, 2.45) is 0 Å². The molecule has 0 aliphatic carbocycles. The van der Waals surface area contributed by atoms with Crippen LogP contribution in [0.15, 0.2) is 48.5 Å². The topological polar surface area (TPSA) is 50.8 Å². The number of carbonyl (C=O) groups is 1. The number of nitrogens with zero attached hydrogens (tertiary/aromatic N) is 1. The SMILES string of the molecule is O=C(NC[C@H]1COc2ccccc2O1)c1ccc(CN2CCCCCC2)cc1. The third kappa shape index (κ3) is 4.84. The van der Waals surface area contributed by atoms with Gasteiger partial charge in [0.25, 0.3) is 5.91 Å². The van der Waals surface area contributed by atoms with Gasteiger partial charge in [-0.2, -0.15) is 0 Å². The first-order valence-corrected chi connectivity index (χ1v) is 10.3. The first-order valence-electron chi connectivity index (χ1n) is 10.3. The number of fused-ring (bicyclic) bond motifs is 1. The van der Waals surface area contributed by atoms with Crippen LogP contribution >= 0.6 is 0 Å². The summed E-state index contributed by atoms with van der Waals surface area (Å²) in [6, 6.07) is 15.6. The maximum Gasteiger partial charge on any atom is 0.251 e. The molecule has 1 N–H and O–H groups in total. The molecule has 0 spiro atoms. The molecule has 2 aliphatic rings. The Balaban J connectivity index is 1.27. The molecule has 0 radical (unpaired) electrons. The van der Waals surface area contributed by atoms with Crippen LogP contribution < -0.4 is 14.8 Å². The number of ether oxygens (including phenoxy) is 2. The molecule has 0 bridgehead atoms.